The lowest BCUT2D eigenvalue weighted by molar-refractivity contribution is 0.972. The van der Waals surface area contributed by atoms with E-state index in [2.05, 4.69) is 22.5 Å². The quantitative estimate of drug-likeness (QED) is 0.834. The van der Waals surface area contributed by atoms with Crippen LogP contribution in [-0.4, -0.2) is 4.98 Å². The van der Waals surface area contributed by atoms with E-state index < -0.39 is 0 Å². The molecule has 2 nitrogen and oxygen atoms in total. The zero-order valence-electron chi connectivity index (χ0n) is 7.81. The molecule has 72 valence electrons. The lowest BCUT2D eigenvalue weighted by atomic mass is 10.1. The molecule has 0 unspecified atom stereocenters. The van der Waals surface area contributed by atoms with Crippen molar-refractivity contribution in [1.82, 2.24) is 4.98 Å². The van der Waals surface area contributed by atoms with Crippen LogP contribution < -0.4 is 5.73 Å². The van der Waals surface area contributed by atoms with Crippen molar-refractivity contribution in [2.24, 2.45) is 0 Å². The van der Waals surface area contributed by atoms with E-state index in [1.807, 2.05) is 12.3 Å². The predicted molar refractivity (Wildman–Crippen MR) is 60.4 cm³/mol. The molecular formula is C11H12N2S. The molecule has 2 aromatic rings. The fraction of sp³-hybridized carbons (Fsp3) is 0.182. The van der Waals surface area contributed by atoms with Crippen LogP contribution in [0.5, 0.6) is 0 Å². The van der Waals surface area contributed by atoms with Gasteiger partial charge in [0, 0.05) is 23.0 Å². The van der Waals surface area contributed by atoms with Gasteiger partial charge in [0.25, 0.3) is 0 Å². The summed E-state index contributed by atoms with van der Waals surface area (Å²) in [4.78, 5) is 5.47. The monoisotopic (exact) mass is 204 g/mol. The summed E-state index contributed by atoms with van der Waals surface area (Å²) in [5.41, 5.74) is 7.81. The van der Waals surface area contributed by atoms with Gasteiger partial charge in [0.15, 0.2) is 0 Å². The van der Waals surface area contributed by atoms with E-state index in [1.54, 1.807) is 17.5 Å². The summed E-state index contributed by atoms with van der Waals surface area (Å²) in [6.45, 7) is 0. The number of aromatic nitrogens is 1. The highest BCUT2D eigenvalue weighted by atomic mass is 32.1. The van der Waals surface area contributed by atoms with Crippen LogP contribution in [0.25, 0.3) is 0 Å². The Labute approximate surface area is 87.4 Å². The molecule has 0 radical (unpaired) electrons. The number of nitrogens with two attached hydrogens (primary N) is 1. The minimum absolute atomic E-state index is 0.844. The summed E-state index contributed by atoms with van der Waals surface area (Å²) in [6.07, 6.45) is 5.60. The van der Waals surface area contributed by atoms with Crippen molar-refractivity contribution in [3.8, 4) is 0 Å². The molecule has 2 aromatic heterocycles. The fourth-order valence-electron chi connectivity index (χ4n) is 1.36. The maximum absolute atomic E-state index is 5.82. The highest BCUT2D eigenvalue weighted by Crippen LogP contribution is 2.15. The molecule has 0 saturated carbocycles. The van der Waals surface area contributed by atoms with Gasteiger partial charge in [-0.3, -0.25) is 4.98 Å². The van der Waals surface area contributed by atoms with Crippen LogP contribution in [-0.2, 0) is 12.8 Å². The Hall–Kier alpha value is -1.35. The molecule has 0 atom stereocenters. The van der Waals surface area contributed by atoms with E-state index >= 15 is 0 Å². The molecule has 0 fully saturated rings. The first-order valence-corrected chi connectivity index (χ1v) is 5.45. The van der Waals surface area contributed by atoms with Gasteiger partial charge in [-0.25, -0.2) is 0 Å². The Balaban J connectivity index is 2.02. The van der Waals surface area contributed by atoms with Crippen LogP contribution >= 0.6 is 11.3 Å². The smallest absolute Gasteiger partial charge is 0.0377 e. The normalized spacial score (nSPS) is 10.3. The second-order valence-electron chi connectivity index (χ2n) is 3.15. The first-order valence-electron chi connectivity index (χ1n) is 4.57. The highest BCUT2D eigenvalue weighted by Gasteiger charge is 1.99. The lowest BCUT2D eigenvalue weighted by Gasteiger charge is -2.02. The Bertz CT molecular complexity index is 395. The number of pyridine rings is 1. The van der Waals surface area contributed by atoms with Crippen molar-refractivity contribution in [2.75, 3.05) is 5.73 Å². The van der Waals surface area contributed by atoms with Crippen molar-refractivity contribution < 1.29 is 0 Å². The minimum atomic E-state index is 0.844. The topological polar surface area (TPSA) is 38.9 Å². The molecule has 0 saturated heterocycles. The zero-order valence-corrected chi connectivity index (χ0v) is 8.63. The van der Waals surface area contributed by atoms with E-state index in [9.17, 15) is 0 Å². The average Bonchev–Trinajstić information content (AvgIpc) is 2.69. The van der Waals surface area contributed by atoms with Gasteiger partial charge in [0.1, 0.15) is 0 Å². The van der Waals surface area contributed by atoms with Crippen LogP contribution in [0.3, 0.4) is 0 Å². The molecule has 2 N–H and O–H groups in total. The first kappa shape index (κ1) is 9.21. The molecule has 0 aromatic carbocycles. The van der Waals surface area contributed by atoms with Gasteiger partial charge >= 0.3 is 0 Å². The third-order valence-electron chi connectivity index (χ3n) is 2.16. The maximum Gasteiger partial charge on any atom is 0.0377 e. The number of rotatable bonds is 3. The zero-order chi connectivity index (χ0) is 9.80. The average molecular weight is 204 g/mol. The Kier molecular flexibility index (Phi) is 2.79. The molecule has 0 aliphatic carbocycles. The number of anilines is 1. The Morgan fingerprint density at radius 3 is 2.93 bits per heavy atom. The molecule has 2 rings (SSSR count). The molecule has 0 amide bonds. The number of hydrogen-bond donors (Lipinski definition) is 1. The summed E-state index contributed by atoms with van der Waals surface area (Å²) in [6, 6.07) is 6.08. The fourth-order valence-corrected chi connectivity index (χ4v) is 2.07. The molecular weight excluding hydrogens is 192 g/mol. The highest BCUT2D eigenvalue weighted by molar-refractivity contribution is 7.09. The van der Waals surface area contributed by atoms with Crippen LogP contribution in [0, 0.1) is 0 Å². The first-order chi connectivity index (χ1) is 6.86. The molecule has 0 spiro atoms. The number of nitrogen functional groups attached to an aromatic ring is 1. The van der Waals surface area contributed by atoms with Gasteiger partial charge in [-0.05, 0) is 35.9 Å². The summed E-state index contributed by atoms with van der Waals surface area (Å²) in [5, 5.41) is 2.10. The van der Waals surface area contributed by atoms with Crippen molar-refractivity contribution in [3.63, 3.8) is 0 Å². The van der Waals surface area contributed by atoms with Crippen molar-refractivity contribution in [3.05, 3.63) is 46.4 Å². The van der Waals surface area contributed by atoms with Gasteiger partial charge in [-0.2, -0.15) is 0 Å². The summed E-state index contributed by atoms with van der Waals surface area (Å²) >= 11 is 1.79. The number of thiophene rings is 1. The maximum atomic E-state index is 5.82. The third kappa shape index (κ3) is 2.12. The second-order valence-corrected chi connectivity index (χ2v) is 4.19. The Morgan fingerprint density at radius 1 is 1.29 bits per heavy atom. The summed E-state index contributed by atoms with van der Waals surface area (Å²) < 4.78 is 0. The third-order valence-corrected chi connectivity index (χ3v) is 3.10. The van der Waals surface area contributed by atoms with E-state index in [-0.39, 0.29) is 0 Å². The molecule has 3 heteroatoms. The lowest BCUT2D eigenvalue weighted by Crippen LogP contribution is -1.96. The number of aryl methyl sites for hydroxylation is 2. The van der Waals surface area contributed by atoms with Crippen molar-refractivity contribution in [1.29, 1.82) is 0 Å². The summed E-state index contributed by atoms with van der Waals surface area (Å²) in [5.74, 6) is 0. The SMILES string of the molecule is Nc1ccncc1CCc1cccs1. The van der Waals surface area contributed by atoms with Crippen LogP contribution in [0.4, 0.5) is 5.69 Å². The molecule has 0 bridgehead atoms. The van der Waals surface area contributed by atoms with Gasteiger partial charge < -0.3 is 5.73 Å². The Morgan fingerprint density at radius 2 is 2.21 bits per heavy atom. The van der Waals surface area contributed by atoms with E-state index in [4.69, 9.17) is 5.73 Å². The molecule has 0 aliphatic heterocycles. The minimum Gasteiger partial charge on any atom is -0.398 e. The molecule has 2 heterocycles. The largest absolute Gasteiger partial charge is 0.398 e. The van der Waals surface area contributed by atoms with Crippen LogP contribution in [0.15, 0.2) is 36.0 Å². The predicted octanol–water partition coefficient (Wildman–Crippen LogP) is 2.51. The van der Waals surface area contributed by atoms with E-state index in [1.165, 1.54) is 4.88 Å². The summed E-state index contributed by atoms with van der Waals surface area (Å²) in [7, 11) is 0. The molecule has 0 aliphatic rings. The van der Waals surface area contributed by atoms with Crippen LogP contribution in [0.2, 0.25) is 0 Å². The standard InChI is InChI=1S/C11H12N2S/c12-11-5-6-13-8-9(11)3-4-10-2-1-7-14-10/h1-2,5-8H,3-4H2,(H2,12,13). The van der Waals surface area contributed by atoms with E-state index in [0.29, 0.717) is 0 Å². The van der Waals surface area contributed by atoms with Crippen molar-refractivity contribution >= 4 is 17.0 Å². The van der Waals surface area contributed by atoms with Gasteiger partial charge in [-0.1, -0.05) is 6.07 Å². The number of nitrogens with zero attached hydrogens (tertiary/aromatic N) is 1. The molecule has 14 heavy (non-hydrogen) atoms. The second kappa shape index (κ2) is 4.24. The van der Waals surface area contributed by atoms with Gasteiger partial charge in [0.05, 0.1) is 0 Å². The van der Waals surface area contributed by atoms with E-state index in [0.717, 1.165) is 24.1 Å². The van der Waals surface area contributed by atoms with Gasteiger partial charge in [0.2, 0.25) is 0 Å². The number of hydrogen-bond acceptors (Lipinski definition) is 3. The van der Waals surface area contributed by atoms with Crippen LogP contribution in [0.1, 0.15) is 10.4 Å². The van der Waals surface area contributed by atoms with Gasteiger partial charge in [-0.15, -0.1) is 11.3 Å². The van der Waals surface area contributed by atoms with Crippen molar-refractivity contribution in [2.45, 2.75) is 12.8 Å².